The van der Waals surface area contributed by atoms with Crippen LogP contribution in [0.1, 0.15) is 22.8 Å². The minimum Gasteiger partial charge on any atom is -0.496 e. The summed E-state index contributed by atoms with van der Waals surface area (Å²) >= 11 is 3.47. The first-order valence-electron chi connectivity index (χ1n) is 11.9. The molecule has 1 heterocycles. The van der Waals surface area contributed by atoms with Crippen molar-refractivity contribution in [1.82, 2.24) is 4.90 Å². The lowest BCUT2D eigenvalue weighted by Gasteiger charge is -2.36. The second kappa shape index (κ2) is 11.9. The number of benzene rings is 3. The minimum atomic E-state index is -0.467. The van der Waals surface area contributed by atoms with Crippen molar-refractivity contribution in [3.05, 3.63) is 94.0 Å². The smallest absolute Gasteiger partial charge is 0.261 e. The van der Waals surface area contributed by atoms with Crippen molar-refractivity contribution >= 4 is 51.0 Å². The zero-order chi connectivity index (χ0) is 26.4. The van der Waals surface area contributed by atoms with Gasteiger partial charge in [0.2, 0.25) is 0 Å². The van der Waals surface area contributed by atoms with Gasteiger partial charge in [0.05, 0.1) is 11.6 Å². The van der Waals surface area contributed by atoms with Gasteiger partial charge >= 0.3 is 0 Å². The van der Waals surface area contributed by atoms with E-state index in [0.717, 1.165) is 10.2 Å². The molecule has 0 aliphatic carbocycles. The number of ketones is 1. The highest BCUT2D eigenvalue weighted by Crippen LogP contribution is 2.27. The van der Waals surface area contributed by atoms with Gasteiger partial charge in [0.15, 0.2) is 5.78 Å². The van der Waals surface area contributed by atoms with Gasteiger partial charge in [0.1, 0.15) is 11.3 Å². The van der Waals surface area contributed by atoms with Gasteiger partial charge in [-0.15, -0.1) is 0 Å². The maximum Gasteiger partial charge on any atom is 0.261 e. The Kier molecular flexibility index (Phi) is 8.40. The van der Waals surface area contributed by atoms with Gasteiger partial charge in [-0.25, -0.2) is 0 Å². The maximum absolute atomic E-state index is 13.6. The van der Waals surface area contributed by atoms with Crippen LogP contribution in [0.15, 0.2) is 82.8 Å². The van der Waals surface area contributed by atoms with Crippen LogP contribution >= 0.6 is 15.9 Å². The number of ether oxygens (including phenoxy) is 1. The lowest BCUT2D eigenvalue weighted by molar-refractivity contribution is -0.129. The third-order valence-electron chi connectivity index (χ3n) is 6.20. The van der Waals surface area contributed by atoms with Crippen molar-refractivity contribution in [2.45, 2.75) is 6.92 Å². The molecule has 3 aromatic rings. The predicted octanol–water partition coefficient (Wildman–Crippen LogP) is 5.03. The summed E-state index contributed by atoms with van der Waals surface area (Å²) in [6.45, 7) is 3.72. The van der Waals surface area contributed by atoms with Crippen molar-refractivity contribution in [2.24, 2.45) is 0 Å². The number of nitrogens with zero attached hydrogens (tertiary/aromatic N) is 2. The molecule has 8 heteroatoms. The topological polar surface area (TPSA) is 79.0 Å². The van der Waals surface area contributed by atoms with Gasteiger partial charge in [0, 0.05) is 43.1 Å². The first-order chi connectivity index (χ1) is 17.9. The molecule has 1 aliphatic heterocycles. The van der Waals surface area contributed by atoms with Gasteiger partial charge < -0.3 is 19.9 Å². The number of hydrogen-bond donors (Lipinski definition) is 1. The van der Waals surface area contributed by atoms with Crippen molar-refractivity contribution in [3.8, 4) is 5.75 Å². The second-order valence-corrected chi connectivity index (χ2v) is 9.51. The fourth-order valence-corrected chi connectivity index (χ4v) is 4.69. The molecular formula is C29H28BrN3O4. The number of piperazine rings is 1. The second-order valence-electron chi connectivity index (χ2n) is 8.65. The summed E-state index contributed by atoms with van der Waals surface area (Å²) in [7, 11) is 1.58. The predicted molar refractivity (Wildman–Crippen MR) is 149 cm³/mol. The van der Waals surface area contributed by atoms with E-state index >= 15 is 0 Å². The van der Waals surface area contributed by atoms with Crippen LogP contribution in [0.3, 0.4) is 0 Å². The Morgan fingerprint density at radius 2 is 1.59 bits per heavy atom. The van der Waals surface area contributed by atoms with Crippen LogP contribution < -0.4 is 15.0 Å². The number of para-hydroxylation sites is 1. The van der Waals surface area contributed by atoms with Crippen LogP contribution in [-0.4, -0.2) is 55.8 Å². The Morgan fingerprint density at radius 3 is 2.19 bits per heavy atom. The molecular weight excluding hydrogens is 534 g/mol. The van der Waals surface area contributed by atoms with Crippen LogP contribution in [0.2, 0.25) is 0 Å². The molecule has 7 nitrogen and oxygen atoms in total. The molecule has 0 saturated carbocycles. The molecule has 1 saturated heterocycles. The van der Waals surface area contributed by atoms with Gasteiger partial charge in [-0.3, -0.25) is 14.4 Å². The third kappa shape index (κ3) is 6.46. The van der Waals surface area contributed by atoms with E-state index in [9.17, 15) is 14.4 Å². The molecule has 4 rings (SSSR count). The number of carbonyl (C=O) groups excluding carboxylic acids is 3. The molecule has 1 aliphatic rings. The highest BCUT2D eigenvalue weighted by Gasteiger charge is 2.27. The molecule has 0 spiro atoms. The number of rotatable bonds is 7. The molecule has 37 heavy (non-hydrogen) atoms. The molecule has 1 fully saturated rings. The highest BCUT2D eigenvalue weighted by molar-refractivity contribution is 9.10. The van der Waals surface area contributed by atoms with E-state index in [4.69, 9.17) is 4.74 Å². The number of Topliss-reactive ketones (excluding diaryl/α,β-unsaturated/α-hetero) is 1. The van der Waals surface area contributed by atoms with Gasteiger partial charge in [0.25, 0.3) is 11.8 Å². The lowest BCUT2D eigenvalue weighted by Crippen LogP contribution is -2.50. The average molecular weight is 562 g/mol. The highest BCUT2D eigenvalue weighted by atomic mass is 79.9. The van der Waals surface area contributed by atoms with E-state index in [2.05, 4.69) is 26.1 Å². The number of halogens is 1. The van der Waals surface area contributed by atoms with Crippen molar-refractivity contribution in [1.29, 1.82) is 0 Å². The third-order valence-corrected chi connectivity index (χ3v) is 6.82. The molecule has 190 valence electrons. The van der Waals surface area contributed by atoms with Crippen LogP contribution in [0, 0.1) is 0 Å². The van der Waals surface area contributed by atoms with E-state index in [0.29, 0.717) is 48.7 Å². The zero-order valence-electron chi connectivity index (χ0n) is 20.7. The Labute approximate surface area is 224 Å². The monoisotopic (exact) mass is 561 g/mol. The molecule has 2 amide bonds. The van der Waals surface area contributed by atoms with Gasteiger partial charge in [-0.1, -0.05) is 24.3 Å². The van der Waals surface area contributed by atoms with E-state index in [1.54, 1.807) is 49.3 Å². The largest absolute Gasteiger partial charge is 0.496 e. The van der Waals surface area contributed by atoms with Gasteiger partial charge in [-0.2, -0.15) is 0 Å². The molecule has 0 aromatic heterocycles. The summed E-state index contributed by atoms with van der Waals surface area (Å²) in [5.74, 6) is -0.109. The van der Waals surface area contributed by atoms with Crippen molar-refractivity contribution in [2.75, 3.05) is 43.5 Å². The SMILES string of the molecule is COc1ccc(C=C(C(=O)Nc2ccccc2)C(=O)N2CCN(c3ccc(C(C)=O)cc3)CC2)cc1Br. The first-order valence-corrected chi connectivity index (χ1v) is 12.7. The summed E-state index contributed by atoms with van der Waals surface area (Å²) in [4.78, 5) is 42.3. The Bertz CT molecular complexity index is 1310. The quantitative estimate of drug-likeness (QED) is 0.189. The van der Waals surface area contributed by atoms with Crippen molar-refractivity contribution < 1.29 is 19.1 Å². The van der Waals surface area contributed by atoms with E-state index in [-0.39, 0.29) is 17.3 Å². The number of hydrogen-bond acceptors (Lipinski definition) is 5. The Morgan fingerprint density at radius 1 is 0.919 bits per heavy atom. The number of anilines is 2. The Hall–Kier alpha value is -3.91. The van der Waals surface area contributed by atoms with E-state index < -0.39 is 5.91 Å². The van der Waals surface area contributed by atoms with Crippen LogP contribution in [0.25, 0.3) is 6.08 Å². The zero-order valence-corrected chi connectivity index (χ0v) is 22.3. The summed E-state index contributed by atoms with van der Waals surface area (Å²) in [6, 6.07) is 21.9. The van der Waals surface area contributed by atoms with E-state index in [1.165, 1.54) is 0 Å². The molecule has 0 radical (unpaired) electrons. The fourth-order valence-electron chi connectivity index (χ4n) is 4.13. The maximum atomic E-state index is 13.6. The normalized spacial score (nSPS) is 13.8. The fraction of sp³-hybridized carbons (Fsp3) is 0.207. The summed E-state index contributed by atoms with van der Waals surface area (Å²) in [6.07, 6.45) is 1.61. The van der Waals surface area contributed by atoms with Crippen molar-refractivity contribution in [3.63, 3.8) is 0 Å². The number of nitrogens with one attached hydrogen (secondary N) is 1. The average Bonchev–Trinajstić information content (AvgIpc) is 2.92. The van der Waals surface area contributed by atoms with E-state index in [1.807, 2.05) is 48.5 Å². The number of carbonyl (C=O) groups is 3. The minimum absolute atomic E-state index is 0.0268. The molecule has 0 bridgehead atoms. The molecule has 1 N–H and O–H groups in total. The molecule has 0 atom stereocenters. The number of amides is 2. The molecule has 3 aromatic carbocycles. The summed E-state index contributed by atoms with van der Waals surface area (Å²) in [5, 5.41) is 2.84. The Balaban J connectivity index is 1.53. The number of methoxy groups -OCH3 is 1. The van der Waals surface area contributed by atoms with Crippen LogP contribution in [-0.2, 0) is 9.59 Å². The van der Waals surface area contributed by atoms with Crippen LogP contribution in [0.5, 0.6) is 5.75 Å². The van der Waals surface area contributed by atoms with Gasteiger partial charge in [-0.05, 0) is 83.0 Å². The lowest BCUT2D eigenvalue weighted by atomic mass is 10.1. The molecule has 0 unspecified atom stereocenters. The van der Waals surface area contributed by atoms with Crippen LogP contribution in [0.4, 0.5) is 11.4 Å². The standard InChI is InChI=1S/C29H28BrN3O4/c1-20(34)22-9-11-24(12-10-22)32-14-16-33(17-15-32)29(36)25(28(35)31-23-6-4-3-5-7-23)18-21-8-13-27(37-2)26(30)19-21/h3-13,18-19H,14-17H2,1-2H3,(H,31,35). The summed E-state index contributed by atoms with van der Waals surface area (Å²) < 4.78 is 6.02. The first kappa shape index (κ1) is 26.2. The summed E-state index contributed by atoms with van der Waals surface area (Å²) in [5.41, 5.74) is 3.03.